The lowest BCUT2D eigenvalue weighted by atomic mass is 9.86. The minimum atomic E-state index is -0.0315. The maximum absolute atomic E-state index is 12.8. The van der Waals surface area contributed by atoms with Crippen LogP contribution in [0, 0.1) is 5.92 Å². The second kappa shape index (κ2) is 7.52. The normalized spacial score (nSPS) is 17.9. The van der Waals surface area contributed by atoms with Gasteiger partial charge in [0.1, 0.15) is 0 Å². The van der Waals surface area contributed by atoms with Crippen molar-refractivity contribution in [3.05, 3.63) is 51.9 Å². The average Bonchev–Trinajstić information content (AvgIpc) is 3.04. The van der Waals surface area contributed by atoms with Crippen LogP contribution in [0.15, 0.2) is 35.1 Å². The molecule has 26 heavy (non-hydrogen) atoms. The van der Waals surface area contributed by atoms with Gasteiger partial charge in [0.2, 0.25) is 5.91 Å². The van der Waals surface area contributed by atoms with Crippen LogP contribution in [0.4, 0.5) is 0 Å². The fourth-order valence-electron chi connectivity index (χ4n) is 4.34. The summed E-state index contributed by atoms with van der Waals surface area (Å²) in [5, 5.41) is 3.23. The van der Waals surface area contributed by atoms with E-state index in [1.54, 1.807) is 4.68 Å². The first-order chi connectivity index (χ1) is 12.7. The lowest BCUT2D eigenvalue weighted by Crippen LogP contribution is -2.37. The van der Waals surface area contributed by atoms with Crippen LogP contribution in [0.2, 0.25) is 0 Å². The van der Waals surface area contributed by atoms with Crippen molar-refractivity contribution >= 4 is 5.91 Å². The predicted octanol–water partition coefficient (Wildman–Crippen LogP) is 3.41. The Balaban J connectivity index is 1.43. The Morgan fingerprint density at radius 1 is 1.12 bits per heavy atom. The molecule has 2 aliphatic rings. The molecule has 1 aliphatic carbocycles. The molecule has 138 valence electrons. The van der Waals surface area contributed by atoms with Crippen molar-refractivity contribution in [2.75, 3.05) is 6.54 Å². The summed E-state index contributed by atoms with van der Waals surface area (Å²) < 4.78 is 1.60. The van der Waals surface area contributed by atoms with E-state index in [0.717, 1.165) is 35.7 Å². The largest absolute Gasteiger partial charge is 0.338 e. The van der Waals surface area contributed by atoms with E-state index in [-0.39, 0.29) is 11.5 Å². The number of carbonyl (C=O) groups excluding carboxylic acids is 1. The van der Waals surface area contributed by atoms with Gasteiger partial charge in [-0.15, -0.1) is 0 Å². The number of para-hydroxylation sites is 1. The van der Waals surface area contributed by atoms with Crippen molar-refractivity contribution < 1.29 is 4.79 Å². The zero-order valence-electron chi connectivity index (χ0n) is 15.2. The van der Waals surface area contributed by atoms with Gasteiger partial charge in [-0.1, -0.05) is 50.3 Å². The molecule has 4 rings (SSSR count). The molecule has 5 nitrogen and oxygen atoms in total. The van der Waals surface area contributed by atoms with Crippen LogP contribution in [0.1, 0.15) is 56.2 Å². The van der Waals surface area contributed by atoms with Gasteiger partial charge < -0.3 is 4.90 Å². The fraction of sp³-hybridized carbons (Fsp3) is 0.524. The Labute approximate surface area is 154 Å². The van der Waals surface area contributed by atoms with Gasteiger partial charge in [-0.05, 0) is 24.5 Å². The van der Waals surface area contributed by atoms with Crippen molar-refractivity contribution in [2.24, 2.45) is 5.92 Å². The van der Waals surface area contributed by atoms with Crippen LogP contribution in [-0.2, 0) is 17.8 Å². The summed E-state index contributed by atoms with van der Waals surface area (Å²) in [6, 6.07) is 9.60. The Morgan fingerprint density at radius 3 is 2.65 bits per heavy atom. The van der Waals surface area contributed by atoms with Gasteiger partial charge in [0.05, 0.1) is 17.8 Å². The molecule has 0 atom stereocenters. The summed E-state index contributed by atoms with van der Waals surface area (Å²) in [5.41, 5.74) is 2.51. The molecular weight excluding hydrogens is 326 g/mol. The minimum absolute atomic E-state index is 0.0315. The third-order valence-corrected chi connectivity index (χ3v) is 5.91. The number of hydrogen-bond acceptors (Lipinski definition) is 2. The molecule has 5 heteroatoms. The van der Waals surface area contributed by atoms with Gasteiger partial charge in [-0.3, -0.25) is 14.7 Å². The first kappa shape index (κ1) is 17.1. The van der Waals surface area contributed by atoms with Crippen molar-refractivity contribution in [1.29, 1.82) is 0 Å². The van der Waals surface area contributed by atoms with Crippen LogP contribution in [-0.4, -0.2) is 27.1 Å². The molecule has 1 aromatic heterocycles. The summed E-state index contributed by atoms with van der Waals surface area (Å²) in [4.78, 5) is 27.3. The van der Waals surface area contributed by atoms with Gasteiger partial charge in [0, 0.05) is 25.1 Å². The predicted molar refractivity (Wildman–Crippen MR) is 101 cm³/mol. The number of benzene rings is 1. The highest BCUT2D eigenvalue weighted by Crippen LogP contribution is 2.28. The van der Waals surface area contributed by atoms with Gasteiger partial charge in [0.15, 0.2) is 0 Å². The number of fused-ring (bicyclic) bond motifs is 1. The number of nitrogens with one attached hydrogen (secondary N) is 1. The zero-order chi connectivity index (χ0) is 17.9. The minimum Gasteiger partial charge on any atom is -0.338 e. The van der Waals surface area contributed by atoms with E-state index in [2.05, 4.69) is 5.10 Å². The number of amides is 1. The number of rotatable bonds is 4. The third kappa shape index (κ3) is 3.48. The van der Waals surface area contributed by atoms with Crippen molar-refractivity contribution in [2.45, 2.75) is 57.9 Å². The molecule has 0 saturated heterocycles. The maximum atomic E-state index is 12.8. The SMILES string of the molecule is O=C(CCC1CCCCC1)N1CCc2[nH]n(-c3ccccc3)c(=O)c2C1. The quantitative estimate of drug-likeness (QED) is 0.916. The molecule has 1 aliphatic heterocycles. The van der Waals surface area contributed by atoms with Crippen LogP contribution >= 0.6 is 0 Å². The van der Waals surface area contributed by atoms with Crippen LogP contribution in [0.5, 0.6) is 0 Å². The summed E-state index contributed by atoms with van der Waals surface area (Å²) in [7, 11) is 0. The Morgan fingerprint density at radius 2 is 1.88 bits per heavy atom. The molecule has 0 unspecified atom stereocenters. The lowest BCUT2D eigenvalue weighted by molar-refractivity contribution is -0.132. The summed E-state index contributed by atoms with van der Waals surface area (Å²) >= 11 is 0. The summed E-state index contributed by atoms with van der Waals surface area (Å²) in [5.74, 6) is 0.920. The van der Waals surface area contributed by atoms with Crippen molar-refractivity contribution in [1.82, 2.24) is 14.7 Å². The number of hydrogen-bond donors (Lipinski definition) is 1. The van der Waals surface area contributed by atoms with Crippen LogP contribution in [0.3, 0.4) is 0 Å². The number of nitrogens with zero attached hydrogens (tertiary/aromatic N) is 2. The second-order valence-electron chi connectivity index (χ2n) is 7.65. The van der Waals surface area contributed by atoms with Gasteiger partial charge in [-0.25, -0.2) is 4.68 Å². The molecule has 0 spiro atoms. The lowest BCUT2D eigenvalue weighted by Gasteiger charge is -2.27. The van der Waals surface area contributed by atoms with Gasteiger partial charge >= 0.3 is 0 Å². The summed E-state index contributed by atoms with van der Waals surface area (Å²) in [6.07, 6.45) is 8.87. The topological polar surface area (TPSA) is 58.1 Å². The molecule has 0 radical (unpaired) electrons. The number of aromatic amines is 1. The molecule has 1 aromatic carbocycles. The van der Waals surface area contributed by atoms with Crippen molar-refractivity contribution in [3.8, 4) is 5.69 Å². The first-order valence-corrected chi connectivity index (χ1v) is 9.88. The Kier molecular flexibility index (Phi) is 4.96. The van der Waals surface area contributed by atoms with Gasteiger partial charge in [-0.2, -0.15) is 0 Å². The van der Waals surface area contributed by atoms with Crippen LogP contribution < -0.4 is 5.56 Å². The van der Waals surface area contributed by atoms with E-state index in [9.17, 15) is 9.59 Å². The van der Waals surface area contributed by atoms with E-state index < -0.39 is 0 Å². The molecular formula is C21H27N3O2. The molecule has 2 heterocycles. The standard InChI is InChI=1S/C21H27N3O2/c25-20(12-11-16-7-3-1-4-8-16)23-14-13-19-18(15-23)21(26)24(22-19)17-9-5-2-6-10-17/h2,5-6,9-10,16,22H,1,3-4,7-8,11-15H2. The number of carbonyl (C=O) groups is 1. The first-order valence-electron chi connectivity index (χ1n) is 9.88. The Hall–Kier alpha value is -2.30. The number of aromatic nitrogens is 2. The Bertz CT molecular complexity index is 816. The molecule has 1 N–H and O–H groups in total. The smallest absolute Gasteiger partial charge is 0.276 e. The van der Waals surface area contributed by atoms with Gasteiger partial charge in [0.25, 0.3) is 5.56 Å². The third-order valence-electron chi connectivity index (χ3n) is 5.91. The van der Waals surface area contributed by atoms with E-state index in [1.807, 2.05) is 35.2 Å². The highest BCUT2D eigenvalue weighted by atomic mass is 16.2. The van der Waals surface area contributed by atoms with E-state index in [4.69, 9.17) is 0 Å². The number of H-pyrrole nitrogens is 1. The molecule has 1 saturated carbocycles. The average molecular weight is 353 g/mol. The van der Waals surface area contributed by atoms with Crippen molar-refractivity contribution in [3.63, 3.8) is 0 Å². The fourth-order valence-corrected chi connectivity index (χ4v) is 4.34. The molecule has 1 amide bonds. The van der Waals surface area contributed by atoms with E-state index >= 15 is 0 Å². The monoisotopic (exact) mass is 353 g/mol. The van der Waals surface area contributed by atoms with E-state index in [0.29, 0.717) is 19.5 Å². The highest BCUT2D eigenvalue weighted by molar-refractivity contribution is 5.76. The van der Waals surface area contributed by atoms with Crippen LogP contribution in [0.25, 0.3) is 5.69 Å². The summed E-state index contributed by atoms with van der Waals surface area (Å²) in [6.45, 7) is 1.14. The molecule has 1 fully saturated rings. The van der Waals surface area contributed by atoms with E-state index in [1.165, 1.54) is 32.1 Å². The zero-order valence-corrected chi connectivity index (χ0v) is 15.2. The maximum Gasteiger partial charge on any atom is 0.276 e. The second-order valence-corrected chi connectivity index (χ2v) is 7.65. The molecule has 0 bridgehead atoms. The molecule has 2 aromatic rings. The highest BCUT2D eigenvalue weighted by Gasteiger charge is 2.26.